The number of allylic oxidation sites excluding steroid dienone is 2. The molecular formula is C8H11NOS. The summed E-state index contributed by atoms with van der Waals surface area (Å²) in [7, 11) is 0. The van der Waals surface area contributed by atoms with E-state index >= 15 is 0 Å². The van der Waals surface area contributed by atoms with Crippen molar-refractivity contribution in [2.24, 2.45) is 0 Å². The Morgan fingerprint density at radius 3 is 2.73 bits per heavy atom. The van der Waals surface area contributed by atoms with E-state index in [1.165, 1.54) is 0 Å². The molecule has 0 aromatic rings. The van der Waals surface area contributed by atoms with Gasteiger partial charge in [0.15, 0.2) is 0 Å². The topological polar surface area (TPSA) is 40.9 Å². The maximum Gasteiger partial charge on any atom is 0.146 e. The van der Waals surface area contributed by atoms with Crippen LogP contribution in [-0.4, -0.2) is 6.29 Å². The highest BCUT2D eigenvalue weighted by Gasteiger charge is 1.99. The van der Waals surface area contributed by atoms with Gasteiger partial charge in [0.2, 0.25) is 0 Å². The first-order valence-electron chi connectivity index (χ1n) is 3.47. The Kier molecular flexibility index (Phi) is 5.58. The number of thiocyanates is 1. The average Bonchev–Trinajstić information content (AvgIpc) is 2.00. The molecule has 0 aliphatic heterocycles. The number of hydrogen-bond acceptors (Lipinski definition) is 3. The molecule has 11 heavy (non-hydrogen) atoms. The summed E-state index contributed by atoms with van der Waals surface area (Å²) in [6.45, 7) is 3.81. The minimum absolute atomic E-state index is 0.749. The van der Waals surface area contributed by atoms with Crippen LogP contribution >= 0.6 is 11.8 Å². The lowest BCUT2D eigenvalue weighted by Gasteiger charge is -1.98. The van der Waals surface area contributed by atoms with E-state index in [-0.39, 0.29) is 0 Å². The standard InChI is InChI=1S/C8H11NOS/c1-3-4-8(5-10)7(2)11-6-9/h5H,3-4H2,1-2H3/b8-7+. The Hall–Kier alpha value is -0.750. The second kappa shape index (κ2) is 5.99. The van der Waals surface area contributed by atoms with Crippen LogP contribution in [0.4, 0.5) is 0 Å². The molecule has 3 heteroatoms. The number of hydrogen-bond donors (Lipinski definition) is 0. The van der Waals surface area contributed by atoms with Crippen LogP contribution < -0.4 is 0 Å². The van der Waals surface area contributed by atoms with Crippen molar-refractivity contribution in [3.63, 3.8) is 0 Å². The fourth-order valence-corrected chi connectivity index (χ4v) is 1.14. The fourth-order valence-electron chi connectivity index (χ4n) is 0.721. The molecule has 0 aromatic heterocycles. The molecule has 0 fully saturated rings. The van der Waals surface area contributed by atoms with Crippen molar-refractivity contribution in [3.05, 3.63) is 10.5 Å². The number of thioether (sulfide) groups is 1. The van der Waals surface area contributed by atoms with Gasteiger partial charge in [0.1, 0.15) is 11.7 Å². The Labute approximate surface area is 71.3 Å². The lowest BCUT2D eigenvalue weighted by molar-refractivity contribution is -0.105. The van der Waals surface area contributed by atoms with E-state index in [4.69, 9.17) is 5.26 Å². The number of nitrogens with zero attached hydrogens (tertiary/aromatic N) is 1. The number of nitriles is 1. The quantitative estimate of drug-likeness (QED) is 0.369. The molecule has 0 aliphatic carbocycles. The minimum Gasteiger partial charge on any atom is -0.298 e. The Morgan fingerprint density at radius 1 is 1.73 bits per heavy atom. The monoisotopic (exact) mass is 169 g/mol. The molecule has 0 bridgehead atoms. The van der Waals surface area contributed by atoms with Crippen molar-refractivity contribution in [1.29, 1.82) is 5.26 Å². The molecule has 0 atom stereocenters. The first-order chi connectivity index (χ1) is 5.26. The van der Waals surface area contributed by atoms with Crippen LogP contribution in [0.15, 0.2) is 10.5 Å². The predicted molar refractivity (Wildman–Crippen MR) is 46.9 cm³/mol. The van der Waals surface area contributed by atoms with Crippen LogP contribution in [0, 0.1) is 10.7 Å². The molecule has 0 rings (SSSR count). The van der Waals surface area contributed by atoms with E-state index in [0.717, 1.165) is 41.4 Å². The summed E-state index contributed by atoms with van der Waals surface area (Å²) in [5.41, 5.74) is 0.749. The van der Waals surface area contributed by atoms with Crippen LogP contribution in [-0.2, 0) is 4.79 Å². The van der Waals surface area contributed by atoms with Gasteiger partial charge in [-0.1, -0.05) is 13.3 Å². The van der Waals surface area contributed by atoms with Crippen molar-refractivity contribution >= 4 is 18.0 Å². The van der Waals surface area contributed by atoms with Crippen molar-refractivity contribution in [3.8, 4) is 5.40 Å². The van der Waals surface area contributed by atoms with E-state index in [2.05, 4.69) is 0 Å². The van der Waals surface area contributed by atoms with E-state index < -0.39 is 0 Å². The van der Waals surface area contributed by atoms with Gasteiger partial charge >= 0.3 is 0 Å². The Morgan fingerprint density at radius 2 is 2.36 bits per heavy atom. The SMILES string of the molecule is CCC/C(C=O)=C(/C)SC#N. The van der Waals surface area contributed by atoms with Gasteiger partial charge in [-0.2, -0.15) is 5.26 Å². The maximum absolute atomic E-state index is 10.4. The summed E-state index contributed by atoms with van der Waals surface area (Å²) >= 11 is 1.06. The summed E-state index contributed by atoms with van der Waals surface area (Å²) in [5, 5.41) is 10.3. The van der Waals surface area contributed by atoms with Gasteiger partial charge in [0, 0.05) is 10.5 Å². The van der Waals surface area contributed by atoms with Gasteiger partial charge in [-0.3, -0.25) is 4.79 Å². The molecule has 0 saturated carbocycles. The maximum atomic E-state index is 10.4. The van der Waals surface area contributed by atoms with Crippen molar-refractivity contribution in [1.82, 2.24) is 0 Å². The number of carbonyl (C=O) groups is 1. The third kappa shape index (κ3) is 3.84. The van der Waals surface area contributed by atoms with E-state index in [1.807, 2.05) is 12.3 Å². The Balaban J connectivity index is 4.29. The molecule has 0 saturated heterocycles. The zero-order valence-corrected chi connectivity index (χ0v) is 7.57. The van der Waals surface area contributed by atoms with Crippen LogP contribution in [0.5, 0.6) is 0 Å². The second-order valence-electron chi connectivity index (χ2n) is 2.14. The van der Waals surface area contributed by atoms with Gasteiger partial charge in [0.05, 0.1) is 0 Å². The van der Waals surface area contributed by atoms with E-state index in [1.54, 1.807) is 6.92 Å². The van der Waals surface area contributed by atoms with Gasteiger partial charge in [-0.25, -0.2) is 0 Å². The molecule has 0 N–H and O–H groups in total. The molecule has 0 unspecified atom stereocenters. The predicted octanol–water partition coefficient (Wildman–Crippen LogP) is 2.47. The summed E-state index contributed by atoms with van der Waals surface area (Å²) in [4.78, 5) is 11.3. The van der Waals surface area contributed by atoms with Crippen molar-refractivity contribution < 1.29 is 4.79 Å². The first kappa shape index (κ1) is 10.2. The van der Waals surface area contributed by atoms with Crippen LogP contribution in [0.1, 0.15) is 26.7 Å². The summed E-state index contributed by atoms with van der Waals surface area (Å²) in [6, 6.07) is 0. The lowest BCUT2D eigenvalue weighted by atomic mass is 10.2. The third-order valence-electron chi connectivity index (χ3n) is 1.31. The summed E-state index contributed by atoms with van der Waals surface area (Å²) in [5.74, 6) is 0. The zero-order valence-electron chi connectivity index (χ0n) is 6.76. The second-order valence-corrected chi connectivity index (χ2v) is 3.14. The van der Waals surface area contributed by atoms with E-state index in [0.29, 0.717) is 0 Å². The number of aldehydes is 1. The minimum atomic E-state index is 0.749. The highest BCUT2D eigenvalue weighted by atomic mass is 32.2. The highest BCUT2D eigenvalue weighted by molar-refractivity contribution is 8.07. The van der Waals surface area contributed by atoms with Crippen molar-refractivity contribution in [2.45, 2.75) is 26.7 Å². The highest BCUT2D eigenvalue weighted by Crippen LogP contribution is 2.19. The van der Waals surface area contributed by atoms with Crippen LogP contribution in [0.25, 0.3) is 0 Å². The fraction of sp³-hybridized carbons (Fsp3) is 0.500. The molecule has 0 amide bonds. The Bertz CT molecular complexity index is 203. The average molecular weight is 169 g/mol. The normalized spacial score (nSPS) is 11.7. The zero-order chi connectivity index (χ0) is 8.69. The summed E-state index contributed by atoms with van der Waals surface area (Å²) < 4.78 is 0. The molecule has 0 aliphatic rings. The van der Waals surface area contributed by atoms with Crippen LogP contribution in [0.3, 0.4) is 0 Å². The first-order valence-corrected chi connectivity index (χ1v) is 4.28. The molecular weight excluding hydrogens is 158 g/mol. The number of carbonyl (C=O) groups excluding carboxylic acids is 1. The third-order valence-corrected chi connectivity index (χ3v) is 1.97. The van der Waals surface area contributed by atoms with Gasteiger partial charge in [-0.15, -0.1) is 0 Å². The van der Waals surface area contributed by atoms with Gasteiger partial charge in [-0.05, 0) is 25.1 Å². The molecule has 2 nitrogen and oxygen atoms in total. The van der Waals surface area contributed by atoms with E-state index in [9.17, 15) is 4.79 Å². The lowest BCUT2D eigenvalue weighted by Crippen LogP contribution is -1.86. The molecule has 0 spiro atoms. The van der Waals surface area contributed by atoms with Crippen LogP contribution in [0.2, 0.25) is 0 Å². The summed E-state index contributed by atoms with van der Waals surface area (Å²) in [6.07, 6.45) is 2.55. The molecule has 0 aromatic carbocycles. The van der Waals surface area contributed by atoms with Gasteiger partial charge < -0.3 is 0 Å². The largest absolute Gasteiger partial charge is 0.298 e. The molecule has 60 valence electrons. The van der Waals surface area contributed by atoms with Crippen molar-refractivity contribution in [2.75, 3.05) is 0 Å². The smallest absolute Gasteiger partial charge is 0.146 e. The molecule has 0 radical (unpaired) electrons. The number of rotatable bonds is 4. The van der Waals surface area contributed by atoms with Gasteiger partial charge in [0.25, 0.3) is 0 Å². The molecule has 0 heterocycles.